The van der Waals surface area contributed by atoms with E-state index in [1.165, 1.54) is 38.0 Å². The molecule has 11 nitrogen and oxygen atoms in total. The number of piperidine rings is 1. The highest BCUT2D eigenvalue weighted by Crippen LogP contribution is 2.36. The monoisotopic (exact) mass is 743 g/mol. The molecule has 1 aliphatic heterocycles. The lowest BCUT2D eigenvalue weighted by Gasteiger charge is -2.35. The van der Waals surface area contributed by atoms with Gasteiger partial charge >= 0.3 is 11.9 Å². The van der Waals surface area contributed by atoms with Crippen LogP contribution < -0.4 is 19.5 Å². The van der Waals surface area contributed by atoms with Crippen LogP contribution in [0.25, 0.3) is 0 Å². The summed E-state index contributed by atoms with van der Waals surface area (Å²) in [6.45, 7) is 1.25. The average molecular weight is 745 g/mol. The molecule has 1 fully saturated rings. The molecule has 4 aromatic rings. The highest BCUT2D eigenvalue weighted by Gasteiger charge is 2.42. The van der Waals surface area contributed by atoms with Gasteiger partial charge in [0, 0.05) is 36.5 Å². The number of nitrogens with zero attached hydrogens (tertiary/aromatic N) is 2. The molecule has 0 saturated carbocycles. The minimum absolute atomic E-state index is 0.0645. The Balaban J connectivity index is 1.36. The number of aromatic nitrogens is 1. The number of halogens is 2. The molecule has 266 valence electrons. The first-order chi connectivity index (χ1) is 24.1. The Hall–Kier alpha value is -3.91. The van der Waals surface area contributed by atoms with Crippen molar-refractivity contribution in [3.05, 3.63) is 115 Å². The van der Waals surface area contributed by atoms with Crippen molar-refractivity contribution in [2.24, 2.45) is 0 Å². The fourth-order valence-corrected chi connectivity index (χ4v) is 7.21. The van der Waals surface area contributed by atoms with Crippen LogP contribution >= 0.6 is 34.5 Å². The number of esters is 2. The second-order valence-electron chi connectivity index (χ2n) is 12.0. The normalized spacial score (nSPS) is 15.6. The minimum atomic E-state index is -1.52. The summed E-state index contributed by atoms with van der Waals surface area (Å²) < 4.78 is 23.4. The number of likely N-dealkylation sites (tertiary alicyclic amines) is 1. The predicted molar refractivity (Wildman–Crippen MR) is 190 cm³/mol. The maximum absolute atomic E-state index is 13.8. The van der Waals surface area contributed by atoms with Gasteiger partial charge in [0.05, 0.1) is 20.8 Å². The number of aliphatic hydroxyl groups is 1. The molecule has 2 atom stereocenters. The van der Waals surface area contributed by atoms with E-state index in [1.807, 2.05) is 13.1 Å². The molecule has 2 unspecified atom stereocenters. The number of ether oxygens (including phenoxy) is 4. The van der Waals surface area contributed by atoms with E-state index in [-0.39, 0.29) is 29.1 Å². The summed E-state index contributed by atoms with van der Waals surface area (Å²) in [5.74, 6) is -0.250. The molecule has 2 N–H and O–H groups in total. The number of nitrogens with one attached hydrogen (secondary N) is 1. The van der Waals surface area contributed by atoms with Gasteiger partial charge in [0.2, 0.25) is 0 Å². The number of rotatable bonds is 14. The third-order valence-corrected chi connectivity index (χ3v) is 10.4. The lowest BCUT2D eigenvalue weighted by Crippen LogP contribution is -2.54. The van der Waals surface area contributed by atoms with Gasteiger partial charge in [-0.1, -0.05) is 59.6 Å². The molecule has 14 heteroatoms. The first-order valence-electron chi connectivity index (χ1n) is 16.0. The molecule has 5 rings (SSSR count). The largest absolute Gasteiger partial charge is 0.619 e. The average Bonchev–Trinajstić information content (AvgIpc) is 3.60. The van der Waals surface area contributed by atoms with Crippen molar-refractivity contribution in [1.29, 1.82) is 0 Å². The van der Waals surface area contributed by atoms with Crippen molar-refractivity contribution >= 4 is 46.5 Å². The Morgan fingerprint density at radius 3 is 2.36 bits per heavy atom. The SMILES string of the molecule is COc1ccc(C(Cc2c(Cl)c[n+]([O-])cc2Cl)OC(=O)c2ccc(CNC(CO)(C(=O)OC3CCN(C)CC3)c3ccccc3)s2)cc1OC. The summed E-state index contributed by atoms with van der Waals surface area (Å²) in [7, 11) is 5.05. The standard InChI is InChI=1S/C36H39Cl2N3O8S/c1-40-15-13-25(14-16-40)48-35(44)36(22-42,24-7-5-4-6-8-24)39-19-26-10-12-33(50-26)34(43)49-31(18-27-28(37)20-41(45)21-29(27)38)23-9-11-30(46-2)32(17-23)47-3/h4-12,17,20-21,25,31,39,42H,13-16,18-19,22H2,1-3H3. The zero-order valence-corrected chi connectivity index (χ0v) is 30.2. The van der Waals surface area contributed by atoms with Crippen molar-refractivity contribution in [3.63, 3.8) is 0 Å². The van der Waals surface area contributed by atoms with Crippen LogP contribution in [0.1, 0.15) is 50.2 Å². The number of hydrogen-bond acceptors (Lipinski definition) is 11. The number of pyridine rings is 1. The first kappa shape index (κ1) is 37.3. The fraction of sp³-hybridized carbons (Fsp3) is 0.361. The molecule has 1 saturated heterocycles. The highest BCUT2D eigenvalue weighted by atomic mass is 35.5. The molecule has 3 heterocycles. The van der Waals surface area contributed by atoms with E-state index in [1.54, 1.807) is 54.6 Å². The van der Waals surface area contributed by atoms with Crippen LogP contribution in [0.3, 0.4) is 0 Å². The van der Waals surface area contributed by atoms with Gasteiger partial charge in [0.1, 0.15) is 27.1 Å². The summed E-state index contributed by atoms with van der Waals surface area (Å²) in [6.07, 6.45) is 2.72. The van der Waals surface area contributed by atoms with E-state index in [0.717, 1.165) is 18.0 Å². The number of methoxy groups -OCH3 is 2. The van der Waals surface area contributed by atoms with Crippen molar-refractivity contribution in [2.45, 2.75) is 43.6 Å². The van der Waals surface area contributed by atoms with Crippen molar-refractivity contribution in [2.75, 3.05) is 41.0 Å². The van der Waals surface area contributed by atoms with Crippen LogP contribution in [0.4, 0.5) is 0 Å². The van der Waals surface area contributed by atoms with Gasteiger partial charge in [-0.3, -0.25) is 5.32 Å². The molecule has 0 radical (unpaired) electrons. The minimum Gasteiger partial charge on any atom is -0.619 e. The summed E-state index contributed by atoms with van der Waals surface area (Å²) in [4.78, 5) is 30.6. The maximum atomic E-state index is 13.8. The van der Waals surface area contributed by atoms with Crippen molar-refractivity contribution in [1.82, 2.24) is 10.2 Å². The van der Waals surface area contributed by atoms with Crippen molar-refractivity contribution < 1.29 is 38.4 Å². The zero-order chi connectivity index (χ0) is 35.8. The zero-order valence-electron chi connectivity index (χ0n) is 27.9. The fourth-order valence-electron chi connectivity index (χ4n) is 5.78. The molecule has 0 amide bonds. The van der Waals surface area contributed by atoms with E-state index in [0.29, 0.717) is 50.6 Å². The number of thiophene rings is 1. The third-order valence-electron chi connectivity index (χ3n) is 8.69. The van der Waals surface area contributed by atoms with Gasteiger partial charge in [-0.25, -0.2) is 9.59 Å². The molecule has 50 heavy (non-hydrogen) atoms. The van der Waals surface area contributed by atoms with Gasteiger partial charge < -0.3 is 34.2 Å². The van der Waals surface area contributed by atoms with Gasteiger partial charge in [0.25, 0.3) is 0 Å². The van der Waals surface area contributed by atoms with Crippen LogP contribution in [-0.4, -0.2) is 69.0 Å². The molecular formula is C36H39Cl2N3O8S. The molecule has 0 aliphatic carbocycles. The Morgan fingerprint density at radius 1 is 1.04 bits per heavy atom. The Kier molecular flexibility index (Phi) is 12.6. The van der Waals surface area contributed by atoms with Crippen molar-refractivity contribution in [3.8, 4) is 11.5 Å². The van der Waals surface area contributed by atoms with Crippen LogP contribution in [0.15, 0.2) is 73.1 Å². The second kappa shape index (κ2) is 16.9. The molecule has 1 aliphatic rings. The van der Waals surface area contributed by atoms with Crippen LogP contribution in [0.2, 0.25) is 10.0 Å². The van der Waals surface area contributed by atoms with E-state index in [4.69, 9.17) is 42.1 Å². The first-order valence-corrected chi connectivity index (χ1v) is 17.5. The summed E-state index contributed by atoms with van der Waals surface area (Å²) in [5, 5.41) is 26.1. The second-order valence-corrected chi connectivity index (χ2v) is 13.9. The van der Waals surface area contributed by atoms with Crippen LogP contribution in [-0.2, 0) is 32.8 Å². The Labute approximate surface area is 304 Å². The molecular weight excluding hydrogens is 705 g/mol. The van der Waals surface area contributed by atoms with Gasteiger partial charge in [-0.05, 0) is 55.3 Å². The lowest BCUT2D eigenvalue weighted by atomic mass is 9.90. The van der Waals surface area contributed by atoms with Gasteiger partial charge in [-0.15, -0.1) is 11.3 Å². The van der Waals surface area contributed by atoms with Gasteiger partial charge in [-0.2, -0.15) is 4.73 Å². The Bertz CT molecular complexity index is 1760. The lowest BCUT2D eigenvalue weighted by molar-refractivity contribution is -0.605. The van der Waals surface area contributed by atoms with E-state index < -0.39 is 30.2 Å². The van der Waals surface area contributed by atoms with Crippen LogP contribution in [0.5, 0.6) is 11.5 Å². The quantitative estimate of drug-likeness (QED) is 0.0975. The number of carbonyl (C=O) groups excluding carboxylic acids is 2. The topological polar surface area (TPSA) is 134 Å². The van der Waals surface area contributed by atoms with Crippen LogP contribution in [0, 0.1) is 5.21 Å². The Morgan fingerprint density at radius 2 is 1.72 bits per heavy atom. The smallest absolute Gasteiger partial charge is 0.348 e. The highest BCUT2D eigenvalue weighted by molar-refractivity contribution is 7.13. The molecule has 2 aromatic heterocycles. The number of carbonyl (C=O) groups is 2. The van der Waals surface area contributed by atoms with E-state index >= 15 is 0 Å². The predicted octanol–water partition coefficient (Wildman–Crippen LogP) is 5.46. The van der Waals surface area contributed by atoms with E-state index in [2.05, 4.69) is 10.2 Å². The number of hydrogen-bond donors (Lipinski definition) is 2. The molecule has 2 aromatic carbocycles. The van der Waals surface area contributed by atoms with Gasteiger partial charge in [0.15, 0.2) is 29.4 Å². The summed E-state index contributed by atoms with van der Waals surface area (Å²) in [6, 6.07) is 17.5. The molecule has 0 bridgehead atoms. The summed E-state index contributed by atoms with van der Waals surface area (Å²) >= 11 is 14.0. The number of aliphatic hydroxyl groups excluding tert-OH is 1. The molecule has 0 spiro atoms. The maximum Gasteiger partial charge on any atom is 0.348 e. The van der Waals surface area contributed by atoms with E-state index in [9.17, 15) is 19.9 Å². The third kappa shape index (κ3) is 8.68. The summed E-state index contributed by atoms with van der Waals surface area (Å²) in [5.41, 5.74) is 0.0521. The number of benzene rings is 2.